The second-order valence-corrected chi connectivity index (χ2v) is 5.65. The third kappa shape index (κ3) is 3.14. The summed E-state index contributed by atoms with van der Waals surface area (Å²) in [4.78, 5) is 0. The van der Waals surface area contributed by atoms with E-state index in [9.17, 15) is 5.11 Å². The maximum absolute atomic E-state index is 9.51. The molecule has 1 saturated carbocycles. The Kier molecular flexibility index (Phi) is 3.81. The molecule has 3 rings (SSSR count). The number of rotatable bonds is 4. The molecule has 0 bridgehead atoms. The molecule has 1 aliphatic rings. The van der Waals surface area contributed by atoms with E-state index in [0.717, 1.165) is 32.4 Å². The van der Waals surface area contributed by atoms with Crippen molar-refractivity contribution in [1.82, 2.24) is 5.32 Å². The van der Waals surface area contributed by atoms with Crippen LogP contribution >= 0.6 is 0 Å². The molecule has 0 spiro atoms. The maximum Gasteiger partial charge on any atom is 0.0543 e. The summed E-state index contributed by atoms with van der Waals surface area (Å²) in [6.45, 7) is 1.93. The molecule has 0 saturated heterocycles. The summed E-state index contributed by atoms with van der Waals surface area (Å²) in [5.74, 6) is 0.649. The zero-order chi connectivity index (χ0) is 13.1. The van der Waals surface area contributed by atoms with Gasteiger partial charge in [-0.05, 0) is 54.1 Å². The lowest BCUT2D eigenvalue weighted by atomic mass is 10.1. The standard InChI is InChI=1S/C17H21NO/c19-17-8-6-14(10-17)12-18-11-13-5-7-15-3-1-2-4-16(15)9-13/h1-5,7,9,14,17-19H,6,8,10-12H2. The summed E-state index contributed by atoms with van der Waals surface area (Å²) in [5, 5.41) is 15.6. The number of aliphatic hydroxyl groups is 1. The molecule has 2 unspecified atom stereocenters. The van der Waals surface area contributed by atoms with Crippen LogP contribution < -0.4 is 5.32 Å². The molecule has 2 N–H and O–H groups in total. The van der Waals surface area contributed by atoms with Crippen molar-refractivity contribution < 1.29 is 5.11 Å². The van der Waals surface area contributed by atoms with E-state index in [-0.39, 0.29) is 6.10 Å². The van der Waals surface area contributed by atoms with Crippen LogP contribution in [0.25, 0.3) is 10.8 Å². The third-order valence-electron chi connectivity index (χ3n) is 4.09. The van der Waals surface area contributed by atoms with Crippen molar-refractivity contribution in [2.24, 2.45) is 5.92 Å². The predicted molar refractivity (Wildman–Crippen MR) is 79.0 cm³/mol. The first-order chi connectivity index (χ1) is 9.31. The van der Waals surface area contributed by atoms with Crippen molar-refractivity contribution in [3.05, 3.63) is 48.0 Å². The summed E-state index contributed by atoms with van der Waals surface area (Å²) in [6.07, 6.45) is 3.03. The van der Waals surface area contributed by atoms with Gasteiger partial charge in [-0.15, -0.1) is 0 Å². The smallest absolute Gasteiger partial charge is 0.0543 e. The summed E-state index contributed by atoms with van der Waals surface area (Å²) < 4.78 is 0. The SMILES string of the molecule is OC1CCC(CNCc2ccc3ccccc3c2)C1. The first-order valence-corrected chi connectivity index (χ1v) is 7.18. The fourth-order valence-corrected chi connectivity index (χ4v) is 3.00. The Hall–Kier alpha value is -1.38. The van der Waals surface area contributed by atoms with Crippen LogP contribution in [0.5, 0.6) is 0 Å². The zero-order valence-electron chi connectivity index (χ0n) is 11.2. The van der Waals surface area contributed by atoms with Crippen LogP contribution in [0.1, 0.15) is 24.8 Å². The van der Waals surface area contributed by atoms with Gasteiger partial charge in [0.2, 0.25) is 0 Å². The predicted octanol–water partition coefficient (Wildman–Crippen LogP) is 3.09. The van der Waals surface area contributed by atoms with Crippen LogP contribution in [-0.4, -0.2) is 17.8 Å². The van der Waals surface area contributed by atoms with Gasteiger partial charge in [0.05, 0.1) is 6.10 Å². The molecule has 2 aromatic rings. The van der Waals surface area contributed by atoms with Gasteiger partial charge in [-0.1, -0.05) is 36.4 Å². The Morgan fingerprint density at radius 3 is 2.68 bits per heavy atom. The van der Waals surface area contributed by atoms with Crippen LogP contribution in [0.4, 0.5) is 0 Å². The average Bonchev–Trinajstić information content (AvgIpc) is 2.84. The molecule has 19 heavy (non-hydrogen) atoms. The summed E-state index contributed by atoms with van der Waals surface area (Å²) in [7, 11) is 0. The van der Waals surface area contributed by atoms with Gasteiger partial charge < -0.3 is 10.4 Å². The van der Waals surface area contributed by atoms with Crippen molar-refractivity contribution in [3.8, 4) is 0 Å². The molecule has 0 aromatic heterocycles. The molecule has 1 fully saturated rings. The van der Waals surface area contributed by atoms with Crippen LogP contribution in [0.2, 0.25) is 0 Å². The maximum atomic E-state index is 9.51. The highest BCUT2D eigenvalue weighted by Crippen LogP contribution is 2.24. The topological polar surface area (TPSA) is 32.3 Å². The average molecular weight is 255 g/mol. The van der Waals surface area contributed by atoms with Gasteiger partial charge in [-0.25, -0.2) is 0 Å². The molecule has 1 aliphatic carbocycles. The van der Waals surface area contributed by atoms with Gasteiger partial charge in [-0.2, -0.15) is 0 Å². The minimum Gasteiger partial charge on any atom is -0.393 e. The largest absolute Gasteiger partial charge is 0.393 e. The first-order valence-electron chi connectivity index (χ1n) is 7.18. The van der Waals surface area contributed by atoms with E-state index < -0.39 is 0 Å². The van der Waals surface area contributed by atoms with Crippen LogP contribution in [0.3, 0.4) is 0 Å². The van der Waals surface area contributed by atoms with Gasteiger partial charge in [0.25, 0.3) is 0 Å². The summed E-state index contributed by atoms with van der Waals surface area (Å²) >= 11 is 0. The Bertz CT molecular complexity index is 552. The lowest BCUT2D eigenvalue weighted by molar-refractivity contribution is 0.177. The van der Waals surface area contributed by atoms with E-state index in [0.29, 0.717) is 5.92 Å². The van der Waals surface area contributed by atoms with E-state index in [2.05, 4.69) is 47.8 Å². The van der Waals surface area contributed by atoms with E-state index in [1.807, 2.05) is 0 Å². The Balaban J connectivity index is 1.56. The van der Waals surface area contributed by atoms with Crippen molar-refractivity contribution >= 4 is 10.8 Å². The summed E-state index contributed by atoms with van der Waals surface area (Å²) in [6, 6.07) is 15.1. The van der Waals surface area contributed by atoms with Crippen molar-refractivity contribution in [3.63, 3.8) is 0 Å². The van der Waals surface area contributed by atoms with Gasteiger partial charge >= 0.3 is 0 Å². The highest BCUT2D eigenvalue weighted by atomic mass is 16.3. The van der Waals surface area contributed by atoms with E-state index in [1.54, 1.807) is 0 Å². The fourth-order valence-electron chi connectivity index (χ4n) is 3.00. The molecule has 2 nitrogen and oxygen atoms in total. The van der Waals surface area contributed by atoms with Crippen LogP contribution in [0, 0.1) is 5.92 Å². The summed E-state index contributed by atoms with van der Waals surface area (Å²) in [5.41, 5.74) is 1.33. The lowest BCUT2D eigenvalue weighted by Gasteiger charge is -2.11. The highest BCUT2D eigenvalue weighted by Gasteiger charge is 2.21. The van der Waals surface area contributed by atoms with Crippen molar-refractivity contribution in [2.75, 3.05) is 6.54 Å². The first kappa shape index (κ1) is 12.6. The monoisotopic (exact) mass is 255 g/mol. The van der Waals surface area contributed by atoms with Gasteiger partial charge in [0, 0.05) is 6.54 Å². The van der Waals surface area contributed by atoms with Gasteiger partial charge in [0.1, 0.15) is 0 Å². The molecule has 0 aliphatic heterocycles. The number of fused-ring (bicyclic) bond motifs is 1. The Morgan fingerprint density at radius 1 is 1.05 bits per heavy atom. The quantitative estimate of drug-likeness (QED) is 0.880. The Labute approximate surface area is 114 Å². The van der Waals surface area contributed by atoms with Crippen LogP contribution in [-0.2, 0) is 6.54 Å². The van der Waals surface area contributed by atoms with E-state index in [1.165, 1.54) is 16.3 Å². The number of nitrogens with one attached hydrogen (secondary N) is 1. The minimum atomic E-state index is -0.0625. The molecule has 0 radical (unpaired) electrons. The molecule has 0 amide bonds. The van der Waals surface area contributed by atoms with E-state index >= 15 is 0 Å². The van der Waals surface area contributed by atoms with Crippen molar-refractivity contribution in [2.45, 2.75) is 31.9 Å². The second kappa shape index (κ2) is 5.72. The number of hydrogen-bond donors (Lipinski definition) is 2. The van der Waals surface area contributed by atoms with E-state index in [4.69, 9.17) is 0 Å². The number of hydrogen-bond acceptors (Lipinski definition) is 2. The zero-order valence-corrected chi connectivity index (χ0v) is 11.2. The molecule has 2 heteroatoms. The van der Waals surface area contributed by atoms with Crippen molar-refractivity contribution in [1.29, 1.82) is 0 Å². The molecule has 0 heterocycles. The highest BCUT2D eigenvalue weighted by molar-refractivity contribution is 5.82. The molecule has 100 valence electrons. The third-order valence-corrected chi connectivity index (χ3v) is 4.09. The minimum absolute atomic E-state index is 0.0625. The molecule has 2 aromatic carbocycles. The van der Waals surface area contributed by atoms with Crippen LogP contribution in [0.15, 0.2) is 42.5 Å². The second-order valence-electron chi connectivity index (χ2n) is 5.65. The lowest BCUT2D eigenvalue weighted by Crippen LogP contribution is -2.21. The number of benzene rings is 2. The number of aliphatic hydroxyl groups excluding tert-OH is 1. The molecule has 2 atom stereocenters. The molecular formula is C17H21NO. The van der Waals surface area contributed by atoms with Gasteiger partial charge in [0.15, 0.2) is 0 Å². The Morgan fingerprint density at radius 2 is 1.89 bits per heavy atom. The van der Waals surface area contributed by atoms with Gasteiger partial charge in [-0.3, -0.25) is 0 Å². The fraction of sp³-hybridized carbons (Fsp3) is 0.412. The molecular weight excluding hydrogens is 234 g/mol. The normalized spacial score (nSPS) is 23.0.